The fourth-order valence-electron chi connectivity index (χ4n) is 4.73. The summed E-state index contributed by atoms with van der Waals surface area (Å²) >= 11 is 6.23. The topological polar surface area (TPSA) is 108 Å². The molecule has 190 valence electrons. The predicted molar refractivity (Wildman–Crippen MR) is 141 cm³/mol. The van der Waals surface area contributed by atoms with Crippen molar-refractivity contribution in [1.29, 1.82) is 0 Å². The van der Waals surface area contributed by atoms with Gasteiger partial charge in [-0.25, -0.2) is 0 Å². The molecule has 0 saturated heterocycles. The number of carbonyl (C=O) groups is 2. The number of nitrogens with one attached hydrogen (secondary N) is 2. The van der Waals surface area contributed by atoms with Gasteiger partial charge in [0.05, 0.1) is 18.8 Å². The quantitative estimate of drug-likeness (QED) is 0.291. The van der Waals surface area contributed by atoms with Crippen LogP contribution in [-0.2, 0) is 11.2 Å². The average molecular weight is 519 g/mol. The number of fused-ring (bicyclic) bond motifs is 3. The zero-order valence-corrected chi connectivity index (χ0v) is 20.8. The molecule has 0 radical (unpaired) electrons. The minimum absolute atomic E-state index is 0.130. The molecule has 0 fully saturated rings. The lowest BCUT2D eigenvalue weighted by Crippen LogP contribution is -2.35. The SMILES string of the molecule is O=CN1CCc2c([nH]c3ccc(Cl)cc23)C1c1ccc(OCCC(O)CNC(=O)c2ccncc2)cc1. The summed E-state index contributed by atoms with van der Waals surface area (Å²) < 4.78 is 5.81. The summed E-state index contributed by atoms with van der Waals surface area (Å²) in [6.45, 7) is 1.04. The number of aromatic nitrogens is 2. The zero-order valence-electron chi connectivity index (χ0n) is 20.1. The van der Waals surface area contributed by atoms with Gasteiger partial charge in [0.15, 0.2) is 0 Å². The summed E-state index contributed by atoms with van der Waals surface area (Å²) in [7, 11) is 0. The van der Waals surface area contributed by atoms with Crippen molar-refractivity contribution in [2.24, 2.45) is 0 Å². The Morgan fingerprint density at radius 1 is 1.22 bits per heavy atom. The standard InChI is InChI=1S/C28H27ClN4O4/c29-20-3-6-25-24(15-20)23-9-13-33(17-34)27(26(23)32-25)18-1-4-22(5-2-18)37-14-10-21(35)16-31-28(36)19-7-11-30-12-8-19/h1-8,11-12,15,17,21,27,32,35H,9-10,13-14,16H2,(H,31,36). The summed E-state index contributed by atoms with van der Waals surface area (Å²) in [5.74, 6) is 0.403. The van der Waals surface area contributed by atoms with Gasteiger partial charge in [0.2, 0.25) is 6.41 Å². The molecule has 2 aromatic carbocycles. The van der Waals surface area contributed by atoms with Gasteiger partial charge in [0, 0.05) is 59.1 Å². The van der Waals surface area contributed by atoms with E-state index in [-0.39, 0.29) is 18.5 Å². The molecule has 2 unspecified atom stereocenters. The largest absolute Gasteiger partial charge is 0.493 e. The number of hydrogen-bond acceptors (Lipinski definition) is 5. The third kappa shape index (κ3) is 5.45. The number of halogens is 1. The first kappa shape index (κ1) is 24.8. The molecule has 0 bridgehead atoms. The van der Waals surface area contributed by atoms with Crippen LogP contribution < -0.4 is 10.1 Å². The third-order valence-corrected chi connectivity index (χ3v) is 6.85. The van der Waals surface area contributed by atoms with Crippen molar-refractivity contribution in [3.8, 4) is 5.75 Å². The minimum atomic E-state index is -0.734. The maximum Gasteiger partial charge on any atom is 0.251 e. The number of nitrogens with zero attached hydrogens (tertiary/aromatic N) is 2. The van der Waals surface area contributed by atoms with Gasteiger partial charge < -0.3 is 25.0 Å². The van der Waals surface area contributed by atoms with Crippen LogP contribution in [-0.4, -0.2) is 58.1 Å². The highest BCUT2D eigenvalue weighted by Crippen LogP contribution is 2.38. The fraction of sp³-hybridized carbons (Fsp3) is 0.250. The second-order valence-electron chi connectivity index (χ2n) is 9.01. The Bertz CT molecular complexity index is 1390. The first-order valence-corrected chi connectivity index (χ1v) is 12.5. The van der Waals surface area contributed by atoms with E-state index >= 15 is 0 Å². The minimum Gasteiger partial charge on any atom is -0.493 e. The molecular formula is C28H27ClN4O4. The second kappa shape index (κ2) is 11.0. The molecule has 2 atom stereocenters. The van der Waals surface area contributed by atoms with E-state index in [1.54, 1.807) is 29.4 Å². The van der Waals surface area contributed by atoms with Crippen LogP contribution in [0, 0.1) is 0 Å². The van der Waals surface area contributed by atoms with Crippen LogP contribution in [0.25, 0.3) is 10.9 Å². The molecular weight excluding hydrogens is 492 g/mol. The molecule has 3 N–H and O–H groups in total. The Balaban J connectivity index is 1.20. The summed E-state index contributed by atoms with van der Waals surface area (Å²) in [4.78, 5) is 33.1. The van der Waals surface area contributed by atoms with Gasteiger partial charge in [-0.1, -0.05) is 23.7 Å². The van der Waals surface area contributed by atoms with Crippen molar-refractivity contribution in [3.63, 3.8) is 0 Å². The smallest absolute Gasteiger partial charge is 0.251 e. The van der Waals surface area contributed by atoms with E-state index in [0.717, 1.165) is 35.0 Å². The monoisotopic (exact) mass is 518 g/mol. The van der Waals surface area contributed by atoms with E-state index in [2.05, 4.69) is 15.3 Å². The summed E-state index contributed by atoms with van der Waals surface area (Å²) in [5, 5.41) is 14.7. The van der Waals surface area contributed by atoms with E-state index in [4.69, 9.17) is 16.3 Å². The van der Waals surface area contributed by atoms with Crippen molar-refractivity contribution in [2.45, 2.75) is 25.0 Å². The lowest BCUT2D eigenvalue weighted by molar-refractivity contribution is -0.120. The van der Waals surface area contributed by atoms with E-state index < -0.39 is 6.10 Å². The van der Waals surface area contributed by atoms with Gasteiger partial charge in [-0.15, -0.1) is 0 Å². The second-order valence-corrected chi connectivity index (χ2v) is 9.45. The number of pyridine rings is 1. The Morgan fingerprint density at radius 2 is 2.00 bits per heavy atom. The van der Waals surface area contributed by atoms with Crippen molar-refractivity contribution in [2.75, 3.05) is 19.7 Å². The maximum atomic E-state index is 12.1. The first-order chi connectivity index (χ1) is 18.0. The third-order valence-electron chi connectivity index (χ3n) is 6.62. The number of hydrogen-bond donors (Lipinski definition) is 3. The van der Waals surface area contributed by atoms with Crippen molar-refractivity contribution < 1.29 is 19.4 Å². The highest BCUT2D eigenvalue weighted by Gasteiger charge is 2.31. The van der Waals surface area contributed by atoms with Gasteiger partial charge in [-0.3, -0.25) is 14.6 Å². The van der Waals surface area contributed by atoms with Gasteiger partial charge in [0.25, 0.3) is 5.91 Å². The number of benzene rings is 2. The highest BCUT2D eigenvalue weighted by molar-refractivity contribution is 6.31. The first-order valence-electron chi connectivity index (χ1n) is 12.1. The number of rotatable bonds is 9. The van der Waals surface area contributed by atoms with Gasteiger partial charge in [-0.05, 0) is 60.0 Å². The number of aliphatic hydroxyl groups excluding tert-OH is 1. The molecule has 1 aliphatic heterocycles. The van der Waals surface area contributed by atoms with Crippen LogP contribution in [0.3, 0.4) is 0 Å². The normalized spacial score (nSPS) is 15.7. The number of ether oxygens (including phenoxy) is 1. The molecule has 8 nitrogen and oxygen atoms in total. The predicted octanol–water partition coefficient (Wildman–Crippen LogP) is 3.88. The zero-order chi connectivity index (χ0) is 25.8. The van der Waals surface area contributed by atoms with Gasteiger partial charge in [-0.2, -0.15) is 0 Å². The molecule has 0 saturated carbocycles. The Morgan fingerprint density at radius 3 is 2.76 bits per heavy atom. The lowest BCUT2D eigenvalue weighted by Gasteiger charge is -2.33. The molecule has 1 aliphatic rings. The number of amides is 2. The summed E-state index contributed by atoms with van der Waals surface area (Å²) in [6, 6.07) is 16.4. The molecule has 2 amide bonds. The molecule has 0 spiro atoms. The fourth-order valence-corrected chi connectivity index (χ4v) is 4.90. The Labute approximate surface area is 219 Å². The number of H-pyrrole nitrogens is 1. The average Bonchev–Trinajstić information content (AvgIpc) is 3.30. The van der Waals surface area contributed by atoms with Gasteiger partial charge in [0.1, 0.15) is 5.75 Å². The molecule has 3 heterocycles. The number of aromatic amines is 1. The molecule has 4 aromatic rings. The summed E-state index contributed by atoms with van der Waals surface area (Å²) in [5.41, 5.74) is 4.65. The Hall–Kier alpha value is -3.88. The number of aliphatic hydroxyl groups is 1. The van der Waals surface area contributed by atoms with E-state index in [9.17, 15) is 14.7 Å². The van der Waals surface area contributed by atoms with Crippen LogP contribution in [0.1, 0.15) is 39.6 Å². The maximum absolute atomic E-state index is 12.1. The molecule has 2 aromatic heterocycles. The molecule has 37 heavy (non-hydrogen) atoms. The van der Waals surface area contributed by atoms with Crippen LogP contribution >= 0.6 is 11.6 Å². The molecule has 9 heteroatoms. The van der Waals surface area contributed by atoms with E-state index in [0.29, 0.717) is 35.9 Å². The van der Waals surface area contributed by atoms with E-state index in [1.165, 1.54) is 5.56 Å². The van der Waals surface area contributed by atoms with Crippen LogP contribution in [0.5, 0.6) is 5.75 Å². The Kier molecular flexibility index (Phi) is 7.39. The van der Waals surface area contributed by atoms with Crippen LogP contribution in [0.4, 0.5) is 0 Å². The number of carbonyl (C=O) groups excluding carboxylic acids is 2. The molecule has 0 aliphatic carbocycles. The highest BCUT2D eigenvalue weighted by atomic mass is 35.5. The summed E-state index contributed by atoms with van der Waals surface area (Å²) in [6.07, 6.45) is 4.38. The molecule has 5 rings (SSSR count). The lowest BCUT2D eigenvalue weighted by atomic mass is 9.93. The van der Waals surface area contributed by atoms with E-state index in [1.807, 2.05) is 42.5 Å². The van der Waals surface area contributed by atoms with Crippen LogP contribution in [0.2, 0.25) is 5.02 Å². The van der Waals surface area contributed by atoms with Gasteiger partial charge >= 0.3 is 0 Å². The van der Waals surface area contributed by atoms with Crippen LogP contribution in [0.15, 0.2) is 67.0 Å². The van der Waals surface area contributed by atoms with Crippen molar-refractivity contribution >= 4 is 34.8 Å². The van der Waals surface area contributed by atoms with Crippen molar-refractivity contribution in [3.05, 3.63) is 94.4 Å². The van der Waals surface area contributed by atoms with Crippen molar-refractivity contribution in [1.82, 2.24) is 20.2 Å².